The Balaban J connectivity index is 1.58. The number of piperidine rings is 1. The molecule has 13 heteroatoms. The number of nitrogens with zero attached hydrogens (tertiary/aromatic N) is 2. The normalized spacial score (nSPS) is 26.6. The van der Waals surface area contributed by atoms with Gasteiger partial charge in [-0.25, -0.2) is 12.8 Å². The van der Waals surface area contributed by atoms with Gasteiger partial charge in [0, 0.05) is 26.2 Å². The molecule has 3 heterocycles. The number of rotatable bonds is 5. The second-order valence-corrected chi connectivity index (χ2v) is 11.2. The Labute approximate surface area is 195 Å². The van der Waals surface area contributed by atoms with E-state index in [0.29, 0.717) is 25.1 Å². The number of hydrogen-bond acceptors (Lipinski definition) is 6. The van der Waals surface area contributed by atoms with Gasteiger partial charge in [-0.1, -0.05) is 11.8 Å². The van der Waals surface area contributed by atoms with Gasteiger partial charge < -0.3 is 20.9 Å². The summed E-state index contributed by atoms with van der Waals surface area (Å²) >= 11 is 1.64. The van der Waals surface area contributed by atoms with Gasteiger partial charge in [0.15, 0.2) is 6.04 Å². The highest BCUT2D eigenvalue weighted by Crippen LogP contribution is 2.23. The molecule has 33 heavy (non-hydrogen) atoms. The second kappa shape index (κ2) is 9.95. The number of nitrogens with one attached hydrogen (secondary N) is 2. The Bertz CT molecular complexity index is 1020. The highest BCUT2D eigenvalue weighted by molar-refractivity contribution is 7.99. The summed E-state index contributed by atoms with van der Waals surface area (Å²) in [5.74, 6) is -0.226. The van der Waals surface area contributed by atoms with Crippen LogP contribution >= 0.6 is 11.8 Å². The molecule has 3 amide bonds. The Morgan fingerprint density at radius 3 is 2.64 bits per heavy atom. The van der Waals surface area contributed by atoms with Crippen molar-refractivity contribution < 1.29 is 32.5 Å². The lowest BCUT2D eigenvalue weighted by atomic mass is 10.1. The van der Waals surface area contributed by atoms with E-state index >= 15 is 0 Å². The van der Waals surface area contributed by atoms with Crippen molar-refractivity contribution in [1.29, 1.82) is 0 Å². The molecule has 0 aliphatic carbocycles. The third-order valence-electron chi connectivity index (χ3n) is 6.08. The molecule has 3 atom stereocenters. The standard InChI is InChI=1S/C20H26FN5O5S2/c21-13-3-5-14(6-4-13)33(30,31)26-9-8-25(20(29)16-11-32-12-23-16)10-17(26)19(28)24-15-2-1-7-22-18(15)27/h3-6,15-17,23H,1-2,7-12H2,(H,22,27)(H,24,28)/p+1/t15-,16-,17+/m0/s1. The van der Waals surface area contributed by atoms with Crippen LogP contribution in [0.3, 0.4) is 0 Å². The average Bonchev–Trinajstić information content (AvgIpc) is 3.35. The maximum absolute atomic E-state index is 13.3. The molecule has 0 bridgehead atoms. The first-order chi connectivity index (χ1) is 15.8. The molecular weight excluding hydrogens is 473 g/mol. The first kappa shape index (κ1) is 23.9. The number of hydrogen-bond donors (Lipinski definition) is 3. The monoisotopic (exact) mass is 500 g/mol. The predicted molar refractivity (Wildman–Crippen MR) is 118 cm³/mol. The number of piperazine rings is 1. The molecule has 4 rings (SSSR count). The van der Waals surface area contributed by atoms with Gasteiger partial charge >= 0.3 is 0 Å². The van der Waals surface area contributed by atoms with Crippen molar-refractivity contribution >= 4 is 39.5 Å². The SMILES string of the molecule is O=C1NCCC[C@@H]1NC(=O)[C@H]1CN(C(=O)[C@@H]2CSC[NH2+]2)CCN1S(=O)(=O)c1ccc(F)cc1. The fourth-order valence-corrected chi connectivity index (χ4v) is 6.85. The summed E-state index contributed by atoms with van der Waals surface area (Å²) in [7, 11) is -4.14. The summed E-state index contributed by atoms with van der Waals surface area (Å²) in [6, 6.07) is 2.16. The fraction of sp³-hybridized carbons (Fsp3) is 0.550. The lowest BCUT2D eigenvalue weighted by Crippen LogP contribution is -2.90. The van der Waals surface area contributed by atoms with Crippen molar-refractivity contribution in [1.82, 2.24) is 19.8 Å². The van der Waals surface area contributed by atoms with Crippen LogP contribution in [-0.4, -0.2) is 91.3 Å². The van der Waals surface area contributed by atoms with E-state index in [-0.39, 0.29) is 42.4 Å². The molecule has 3 saturated heterocycles. The van der Waals surface area contributed by atoms with Gasteiger partial charge in [-0.15, -0.1) is 0 Å². The van der Waals surface area contributed by atoms with Crippen LogP contribution in [0.25, 0.3) is 0 Å². The summed E-state index contributed by atoms with van der Waals surface area (Å²) < 4.78 is 41.1. The largest absolute Gasteiger partial charge is 0.354 e. The molecule has 0 spiro atoms. The van der Waals surface area contributed by atoms with Crippen molar-refractivity contribution in [3.63, 3.8) is 0 Å². The zero-order valence-electron chi connectivity index (χ0n) is 17.9. The molecule has 0 radical (unpaired) electrons. The molecule has 3 aliphatic rings. The van der Waals surface area contributed by atoms with Crippen LogP contribution in [-0.2, 0) is 24.4 Å². The Kier molecular flexibility index (Phi) is 7.22. The van der Waals surface area contributed by atoms with Gasteiger partial charge in [0.1, 0.15) is 23.8 Å². The van der Waals surface area contributed by atoms with Crippen molar-refractivity contribution in [3.05, 3.63) is 30.1 Å². The number of benzene rings is 1. The molecule has 1 aromatic carbocycles. The van der Waals surface area contributed by atoms with E-state index in [1.807, 2.05) is 5.32 Å². The van der Waals surface area contributed by atoms with Crippen LogP contribution in [0, 0.1) is 5.82 Å². The summed E-state index contributed by atoms with van der Waals surface area (Å²) in [4.78, 5) is 39.7. The van der Waals surface area contributed by atoms with Gasteiger partial charge in [0.2, 0.25) is 21.8 Å². The maximum atomic E-state index is 13.3. The van der Waals surface area contributed by atoms with E-state index in [4.69, 9.17) is 0 Å². The Hall–Kier alpha value is -2.22. The number of amides is 3. The third kappa shape index (κ3) is 5.15. The molecule has 0 saturated carbocycles. The highest BCUT2D eigenvalue weighted by Gasteiger charge is 2.44. The van der Waals surface area contributed by atoms with E-state index in [1.165, 1.54) is 4.90 Å². The molecule has 0 unspecified atom stereocenters. The summed E-state index contributed by atoms with van der Waals surface area (Å²) in [5.41, 5.74) is 0. The van der Waals surface area contributed by atoms with E-state index in [2.05, 4.69) is 10.6 Å². The van der Waals surface area contributed by atoms with Crippen molar-refractivity contribution in [2.45, 2.75) is 35.9 Å². The van der Waals surface area contributed by atoms with Gasteiger partial charge in [0.25, 0.3) is 5.91 Å². The molecule has 1 aromatic rings. The number of nitrogens with two attached hydrogens (primary N) is 1. The van der Waals surface area contributed by atoms with Crippen LogP contribution in [0.5, 0.6) is 0 Å². The minimum absolute atomic E-state index is 0.0831. The lowest BCUT2D eigenvalue weighted by Gasteiger charge is -2.40. The third-order valence-corrected chi connectivity index (χ3v) is 9.03. The summed E-state index contributed by atoms with van der Waals surface area (Å²) in [6.45, 7) is 0.467. The zero-order valence-corrected chi connectivity index (χ0v) is 19.5. The van der Waals surface area contributed by atoms with E-state index in [9.17, 15) is 27.2 Å². The lowest BCUT2D eigenvalue weighted by molar-refractivity contribution is -0.649. The minimum atomic E-state index is -4.14. The highest BCUT2D eigenvalue weighted by atomic mass is 32.2. The zero-order chi connectivity index (χ0) is 23.6. The van der Waals surface area contributed by atoms with Crippen LogP contribution < -0.4 is 16.0 Å². The Morgan fingerprint density at radius 1 is 1.21 bits per heavy atom. The van der Waals surface area contributed by atoms with Crippen molar-refractivity contribution in [2.24, 2.45) is 0 Å². The average molecular weight is 501 g/mol. The van der Waals surface area contributed by atoms with E-state index < -0.39 is 33.8 Å². The topological polar surface area (TPSA) is 132 Å². The van der Waals surface area contributed by atoms with Gasteiger partial charge in [-0.05, 0) is 37.1 Å². The first-order valence-electron chi connectivity index (χ1n) is 10.8. The number of quaternary nitrogens is 1. The molecule has 10 nitrogen and oxygen atoms in total. The smallest absolute Gasteiger partial charge is 0.281 e. The number of sulfonamides is 1. The van der Waals surface area contributed by atoms with Crippen molar-refractivity contribution in [2.75, 3.05) is 37.8 Å². The molecule has 0 aromatic heterocycles. The van der Waals surface area contributed by atoms with Gasteiger partial charge in [-0.2, -0.15) is 4.31 Å². The number of carbonyl (C=O) groups is 3. The van der Waals surface area contributed by atoms with Crippen LogP contribution in [0.15, 0.2) is 29.2 Å². The minimum Gasteiger partial charge on any atom is -0.354 e. The number of carbonyl (C=O) groups excluding carboxylic acids is 3. The van der Waals surface area contributed by atoms with E-state index in [0.717, 1.165) is 34.4 Å². The molecule has 3 aliphatic heterocycles. The number of thioether (sulfide) groups is 1. The molecule has 180 valence electrons. The van der Waals surface area contributed by atoms with Crippen LogP contribution in [0.4, 0.5) is 4.39 Å². The second-order valence-electron chi connectivity index (χ2n) is 8.24. The molecule has 4 N–H and O–H groups in total. The van der Waals surface area contributed by atoms with Gasteiger partial charge in [0.05, 0.1) is 10.6 Å². The Morgan fingerprint density at radius 2 is 1.97 bits per heavy atom. The quantitative estimate of drug-likeness (QED) is 0.431. The summed E-state index contributed by atoms with van der Waals surface area (Å²) in [5, 5.41) is 7.27. The predicted octanol–water partition coefficient (Wildman–Crippen LogP) is -1.94. The summed E-state index contributed by atoms with van der Waals surface area (Å²) in [6.07, 6.45) is 1.14. The van der Waals surface area contributed by atoms with Crippen molar-refractivity contribution in [3.8, 4) is 0 Å². The van der Waals surface area contributed by atoms with Crippen LogP contribution in [0.2, 0.25) is 0 Å². The first-order valence-corrected chi connectivity index (χ1v) is 13.4. The number of halogens is 1. The molecular formula is C20H27FN5O5S2+. The maximum Gasteiger partial charge on any atom is 0.281 e. The van der Waals surface area contributed by atoms with E-state index in [1.54, 1.807) is 11.8 Å². The van der Waals surface area contributed by atoms with Gasteiger partial charge in [-0.3, -0.25) is 14.4 Å². The molecule has 3 fully saturated rings. The fourth-order valence-electron chi connectivity index (χ4n) is 4.24. The van der Waals surface area contributed by atoms with Crippen LogP contribution in [0.1, 0.15) is 12.8 Å².